The number of para-hydroxylation sites is 1. The first-order chi connectivity index (χ1) is 10.3. The maximum Gasteiger partial charge on any atom is 0.418 e. The van der Waals surface area contributed by atoms with Gasteiger partial charge in [0.25, 0.3) is 0 Å². The van der Waals surface area contributed by atoms with Gasteiger partial charge in [-0.15, -0.1) is 0 Å². The molecule has 0 bridgehead atoms. The van der Waals surface area contributed by atoms with Crippen LogP contribution in [0, 0.1) is 6.92 Å². The van der Waals surface area contributed by atoms with E-state index in [2.05, 4.69) is 4.98 Å². The van der Waals surface area contributed by atoms with Crippen molar-refractivity contribution in [2.24, 2.45) is 0 Å². The summed E-state index contributed by atoms with van der Waals surface area (Å²) in [4.78, 5) is 4.04. The van der Waals surface area contributed by atoms with Gasteiger partial charge in [0, 0.05) is 6.07 Å². The highest BCUT2D eigenvalue weighted by molar-refractivity contribution is 6.32. The summed E-state index contributed by atoms with van der Waals surface area (Å²) in [6.07, 6.45) is -4.48. The Labute approximate surface area is 128 Å². The van der Waals surface area contributed by atoms with E-state index in [4.69, 9.17) is 11.6 Å². The van der Waals surface area contributed by atoms with Crippen LogP contribution in [-0.4, -0.2) is 14.7 Å². The van der Waals surface area contributed by atoms with Crippen LogP contribution in [0.5, 0.6) is 5.75 Å². The van der Waals surface area contributed by atoms with E-state index >= 15 is 0 Å². The maximum atomic E-state index is 13.1. The monoisotopic (exact) mass is 326 g/mol. The van der Waals surface area contributed by atoms with E-state index in [0.717, 1.165) is 6.07 Å². The van der Waals surface area contributed by atoms with Gasteiger partial charge in [0.2, 0.25) is 0 Å². The second kappa shape index (κ2) is 4.91. The number of nitrogens with zero attached hydrogens (tertiary/aromatic N) is 2. The molecule has 0 spiro atoms. The molecule has 3 rings (SSSR count). The van der Waals surface area contributed by atoms with Gasteiger partial charge in [0.15, 0.2) is 0 Å². The first-order valence-electron chi connectivity index (χ1n) is 6.33. The molecule has 7 heteroatoms. The molecule has 0 fully saturated rings. The number of aromatic hydroxyl groups is 1. The van der Waals surface area contributed by atoms with E-state index in [9.17, 15) is 18.3 Å². The molecular weight excluding hydrogens is 317 g/mol. The van der Waals surface area contributed by atoms with Gasteiger partial charge in [-0.25, -0.2) is 4.98 Å². The summed E-state index contributed by atoms with van der Waals surface area (Å²) in [6, 6.07) is 8.16. The van der Waals surface area contributed by atoms with Gasteiger partial charge >= 0.3 is 6.18 Å². The second-order valence-corrected chi connectivity index (χ2v) is 5.21. The number of imidazole rings is 1. The lowest BCUT2D eigenvalue weighted by atomic mass is 10.1. The Bertz CT molecular complexity index is 871. The van der Waals surface area contributed by atoms with Crippen molar-refractivity contribution in [1.82, 2.24) is 9.55 Å². The summed E-state index contributed by atoms with van der Waals surface area (Å²) in [5.41, 5.74) is -0.155. The summed E-state index contributed by atoms with van der Waals surface area (Å²) < 4.78 is 40.8. The van der Waals surface area contributed by atoms with Gasteiger partial charge in [-0.3, -0.25) is 4.57 Å². The van der Waals surface area contributed by atoms with Crippen molar-refractivity contribution in [2.75, 3.05) is 0 Å². The predicted octanol–water partition coefficient (Wildman–Crippen LogP) is 4.71. The number of rotatable bonds is 1. The van der Waals surface area contributed by atoms with Crippen LogP contribution < -0.4 is 0 Å². The molecule has 0 saturated carbocycles. The average molecular weight is 327 g/mol. The summed E-state index contributed by atoms with van der Waals surface area (Å²) in [6.45, 7) is 1.60. The molecule has 1 N–H and O–H groups in total. The van der Waals surface area contributed by atoms with Crippen molar-refractivity contribution in [3.05, 3.63) is 52.8 Å². The SMILES string of the molecule is Cc1nc2c(C(F)(F)F)cccc2n1-c1ccc(O)cc1Cl. The molecule has 3 nitrogen and oxygen atoms in total. The number of hydrogen-bond donors (Lipinski definition) is 1. The number of benzene rings is 2. The Kier molecular flexibility index (Phi) is 3.29. The van der Waals surface area contributed by atoms with Gasteiger partial charge in [-0.05, 0) is 31.2 Å². The Hall–Kier alpha value is -2.21. The van der Waals surface area contributed by atoms with Crippen LogP contribution in [-0.2, 0) is 6.18 Å². The van der Waals surface area contributed by atoms with Crippen molar-refractivity contribution < 1.29 is 18.3 Å². The zero-order chi connectivity index (χ0) is 16.1. The number of aromatic nitrogens is 2. The van der Waals surface area contributed by atoms with Gasteiger partial charge < -0.3 is 5.11 Å². The third-order valence-electron chi connectivity index (χ3n) is 3.33. The van der Waals surface area contributed by atoms with Crippen molar-refractivity contribution in [2.45, 2.75) is 13.1 Å². The molecule has 0 radical (unpaired) electrons. The molecule has 0 aliphatic rings. The second-order valence-electron chi connectivity index (χ2n) is 4.80. The van der Waals surface area contributed by atoms with Gasteiger partial charge in [0.1, 0.15) is 17.1 Å². The average Bonchev–Trinajstić information content (AvgIpc) is 2.74. The minimum atomic E-state index is -4.48. The van der Waals surface area contributed by atoms with Crippen LogP contribution in [0.25, 0.3) is 16.7 Å². The van der Waals surface area contributed by atoms with Crippen LogP contribution in [0.4, 0.5) is 13.2 Å². The molecule has 0 amide bonds. The summed E-state index contributed by atoms with van der Waals surface area (Å²) >= 11 is 6.09. The highest BCUT2D eigenvalue weighted by Gasteiger charge is 2.34. The van der Waals surface area contributed by atoms with Crippen LogP contribution in [0.2, 0.25) is 5.02 Å². The minimum absolute atomic E-state index is 0.0215. The van der Waals surface area contributed by atoms with E-state index in [-0.39, 0.29) is 16.3 Å². The van der Waals surface area contributed by atoms with Crippen LogP contribution in [0.15, 0.2) is 36.4 Å². The third kappa shape index (κ3) is 2.29. The molecule has 0 aliphatic heterocycles. The molecule has 0 saturated heterocycles. The van der Waals surface area contributed by atoms with E-state index in [1.54, 1.807) is 13.0 Å². The van der Waals surface area contributed by atoms with E-state index < -0.39 is 11.7 Å². The topological polar surface area (TPSA) is 38.0 Å². The van der Waals surface area contributed by atoms with Crippen molar-refractivity contribution in [1.29, 1.82) is 0 Å². The number of alkyl halides is 3. The standard InChI is InChI=1S/C15H10ClF3N2O/c1-8-20-14-10(15(17,18)19)3-2-4-13(14)21(8)12-6-5-9(22)7-11(12)16/h2-7,22H,1H3. The zero-order valence-electron chi connectivity index (χ0n) is 11.3. The Morgan fingerprint density at radius 1 is 1.18 bits per heavy atom. The lowest BCUT2D eigenvalue weighted by Gasteiger charge is -2.10. The highest BCUT2D eigenvalue weighted by atomic mass is 35.5. The number of hydrogen-bond acceptors (Lipinski definition) is 2. The van der Waals surface area contributed by atoms with E-state index in [1.807, 2.05) is 0 Å². The fraction of sp³-hybridized carbons (Fsp3) is 0.133. The van der Waals surface area contributed by atoms with Gasteiger partial charge in [-0.2, -0.15) is 13.2 Å². The molecule has 3 aromatic rings. The molecular formula is C15H10ClF3N2O. The number of aryl methyl sites for hydroxylation is 1. The molecule has 2 aromatic carbocycles. The largest absolute Gasteiger partial charge is 0.508 e. The molecule has 1 heterocycles. The van der Waals surface area contributed by atoms with Crippen molar-refractivity contribution in [3.8, 4) is 11.4 Å². The molecule has 0 aliphatic carbocycles. The zero-order valence-corrected chi connectivity index (χ0v) is 12.1. The highest BCUT2D eigenvalue weighted by Crippen LogP contribution is 2.36. The molecule has 1 aromatic heterocycles. The maximum absolute atomic E-state index is 13.1. The lowest BCUT2D eigenvalue weighted by molar-refractivity contribution is -0.136. The fourth-order valence-electron chi connectivity index (χ4n) is 2.43. The summed E-state index contributed by atoms with van der Waals surface area (Å²) in [5, 5.41) is 9.63. The van der Waals surface area contributed by atoms with Gasteiger partial charge in [-0.1, -0.05) is 17.7 Å². The first-order valence-corrected chi connectivity index (χ1v) is 6.71. The van der Waals surface area contributed by atoms with Crippen LogP contribution >= 0.6 is 11.6 Å². The fourth-order valence-corrected chi connectivity index (χ4v) is 2.68. The van der Waals surface area contributed by atoms with E-state index in [1.165, 1.54) is 28.8 Å². The third-order valence-corrected chi connectivity index (χ3v) is 3.63. The Morgan fingerprint density at radius 2 is 1.91 bits per heavy atom. The number of phenols is 1. The number of fused-ring (bicyclic) bond motifs is 1. The van der Waals surface area contributed by atoms with E-state index in [0.29, 0.717) is 17.0 Å². The van der Waals surface area contributed by atoms with Gasteiger partial charge in [0.05, 0.1) is 21.8 Å². The number of halogens is 4. The van der Waals surface area contributed by atoms with Crippen LogP contribution in [0.3, 0.4) is 0 Å². The lowest BCUT2D eigenvalue weighted by Crippen LogP contribution is -2.05. The molecule has 114 valence electrons. The molecule has 0 atom stereocenters. The quantitative estimate of drug-likeness (QED) is 0.703. The van der Waals surface area contributed by atoms with Crippen LogP contribution in [0.1, 0.15) is 11.4 Å². The summed E-state index contributed by atoms with van der Waals surface area (Å²) in [5.74, 6) is 0.353. The first kappa shape index (κ1) is 14.7. The molecule has 0 unspecified atom stereocenters. The Balaban J connectivity index is 2.34. The predicted molar refractivity (Wildman–Crippen MR) is 77.5 cm³/mol. The smallest absolute Gasteiger partial charge is 0.418 e. The minimum Gasteiger partial charge on any atom is -0.508 e. The van der Waals surface area contributed by atoms with Crippen molar-refractivity contribution >= 4 is 22.6 Å². The Morgan fingerprint density at radius 3 is 2.55 bits per heavy atom. The summed E-state index contributed by atoms with van der Waals surface area (Å²) in [7, 11) is 0. The number of phenolic OH excluding ortho intramolecular Hbond substituents is 1. The van der Waals surface area contributed by atoms with Crippen molar-refractivity contribution in [3.63, 3.8) is 0 Å². The molecule has 22 heavy (non-hydrogen) atoms. The normalized spacial score (nSPS) is 12.0.